The Hall–Kier alpha value is -1.99. The third-order valence-corrected chi connectivity index (χ3v) is 2.43. The maximum absolute atomic E-state index is 10.9. The Morgan fingerprint density at radius 2 is 2.06 bits per heavy atom. The number of carboxylic acids is 1. The summed E-state index contributed by atoms with van der Waals surface area (Å²) < 4.78 is 0. The predicted octanol–water partition coefficient (Wildman–Crippen LogP) is 1.93. The maximum Gasteiger partial charge on any atom is 0.349 e. The third kappa shape index (κ3) is 4.48. The van der Waals surface area contributed by atoms with Crippen molar-refractivity contribution >= 4 is 17.6 Å². The average Bonchev–Trinajstić information content (AvgIpc) is 2.30. The first kappa shape index (κ1) is 14.1. The number of hydrogen-bond donors (Lipinski definition) is 1. The van der Waals surface area contributed by atoms with Crippen molar-refractivity contribution in [1.29, 1.82) is 0 Å². The Bertz CT molecular complexity index is 519. The molecule has 0 fully saturated rings. The van der Waals surface area contributed by atoms with Gasteiger partial charge in [0.25, 0.3) is 6.54 Å². The molecule has 0 aliphatic rings. The highest BCUT2D eigenvalue weighted by Crippen LogP contribution is 2.09. The molecule has 1 aromatic rings. The zero-order valence-electron chi connectivity index (χ0n) is 9.81. The van der Waals surface area contributed by atoms with Crippen LogP contribution in [-0.4, -0.2) is 17.6 Å². The van der Waals surface area contributed by atoms with Gasteiger partial charge in [-0.1, -0.05) is 35.5 Å². The molecule has 0 aromatic heterocycles. The Kier molecular flexibility index (Phi) is 5.22. The smallest absolute Gasteiger partial charge is 0.349 e. The second kappa shape index (κ2) is 6.67. The van der Waals surface area contributed by atoms with Crippen molar-refractivity contribution in [3.05, 3.63) is 51.0 Å². The molecular formula is C13H12ClNO3. The van der Waals surface area contributed by atoms with E-state index < -0.39 is 17.3 Å². The monoisotopic (exact) mass is 265 g/mol. The summed E-state index contributed by atoms with van der Waals surface area (Å²) in [4.78, 5) is 14.5. The highest BCUT2D eigenvalue weighted by atomic mass is 35.5. The minimum Gasteiger partial charge on any atom is -0.874 e. The molecule has 0 amide bonds. The van der Waals surface area contributed by atoms with Gasteiger partial charge in [-0.15, -0.1) is 5.76 Å². The summed E-state index contributed by atoms with van der Waals surface area (Å²) in [5, 5.41) is 20.3. The zero-order valence-corrected chi connectivity index (χ0v) is 10.6. The van der Waals surface area contributed by atoms with E-state index in [1.165, 1.54) is 6.92 Å². The molecule has 4 nitrogen and oxygen atoms in total. The van der Waals surface area contributed by atoms with Gasteiger partial charge in [0.05, 0.1) is 0 Å². The van der Waals surface area contributed by atoms with Gasteiger partial charge in [-0.2, -0.15) is 0 Å². The Labute approximate surface area is 110 Å². The van der Waals surface area contributed by atoms with Crippen LogP contribution >= 0.6 is 11.6 Å². The van der Waals surface area contributed by atoms with Crippen molar-refractivity contribution < 1.29 is 15.0 Å². The van der Waals surface area contributed by atoms with E-state index in [0.717, 1.165) is 5.56 Å². The van der Waals surface area contributed by atoms with Crippen LogP contribution in [-0.2, 0) is 11.2 Å². The SMILES string of the molecule is C/C([O-])=C(\C#[N+]CCc1ccc(Cl)cc1)C(=O)O. The summed E-state index contributed by atoms with van der Waals surface area (Å²) in [6.07, 6.45) is 0.634. The minimum atomic E-state index is -1.31. The highest BCUT2D eigenvalue weighted by molar-refractivity contribution is 6.30. The van der Waals surface area contributed by atoms with E-state index in [2.05, 4.69) is 10.9 Å². The van der Waals surface area contributed by atoms with Gasteiger partial charge in [0.15, 0.2) is 5.57 Å². The fourth-order valence-electron chi connectivity index (χ4n) is 1.25. The van der Waals surface area contributed by atoms with E-state index in [-0.39, 0.29) is 0 Å². The summed E-state index contributed by atoms with van der Waals surface area (Å²) in [6.45, 7) is 1.54. The molecule has 0 saturated carbocycles. The maximum atomic E-state index is 10.9. The van der Waals surface area contributed by atoms with Crippen LogP contribution in [0.5, 0.6) is 0 Å². The second-order valence-corrected chi connectivity index (χ2v) is 4.04. The van der Waals surface area contributed by atoms with Crippen LogP contribution < -0.4 is 5.11 Å². The lowest BCUT2D eigenvalue weighted by Gasteiger charge is -2.01. The van der Waals surface area contributed by atoms with E-state index in [1.54, 1.807) is 12.1 Å². The normalized spacial score (nSPS) is 11.2. The first-order valence-corrected chi connectivity index (χ1v) is 5.66. The van der Waals surface area contributed by atoms with Crippen molar-refractivity contribution in [1.82, 2.24) is 0 Å². The number of halogens is 1. The second-order valence-electron chi connectivity index (χ2n) is 3.61. The lowest BCUT2D eigenvalue weighted by atomic mass is 10.1. The van der Waals surface area contributed by atoms with Crippen LogP contribution in [0.2, 0.25) is 5.02 Å². The van der Waals surface area contributed by atoms with Crippen molar-refractivity contribution in [2.24, 2.45) is 0 Å². The van der Waals surface area contributed by atoms with E-state index in [0.29, 0.717) is 18.0 Å². The van der Waals surface area contributed by atoms with Gasteiger partial charge in [0, 0.05) is 11.4 Å². The Morgan fingerprint density at radius 1 is 1.44 bits per heavy atom. The van der Waals surface area contributed by atoms with Crippen molar-refractivity contribution in [3.63, 3.8) is 0 Å². The first-order valence-electron chi connectivity index (χ1n) is 5.29. The van der Waals surface area contributed by atoms with Crippen molar-refractivity contribution in [2.45, 2.75) is 13.3 Å². The summed E-state index contributed by atoms with van der Waals surface area (Å²) in [5.41, 5.74) is 0.607. The zero-order chi connectivity index (χ0) is 13.5. The van der Waals surface area contributed by atoms with E-state index in [1.807, 2.05) is 12.1 Å². The number of carbonyl (C=O) groups is 1. The number of hydrogen-bond acceptors (Lipinski definition) is 2. The average molecular weight is 266 g/mol. The summed E-state index contributed by atoms with van der Waals surface area (Å²) in [5.74, 6) is -1.87. The molecule has 1 N–H and O–H groups in total. The first-order chi connectivity index (χ1) is 8.50. The van der Waals surface area contributed by atoms with E-state index in [4.69, 9.17) is 16.7 Å². The molecule has 5 heteroatoms. The quantitative estimate of drug-likeness (QED) is 0.516. The molecule has 1 rings (SSSR count). The lowest BCUT2D eigenvalue weighted by Crippen LogP contribution is -2.09. The third-order valence-electron chi connectivity index (χ3n) is 2.18. The van der Waals surface area contributed by atoms with Crippen LogP contribution in [0, 0.1) is 6.07 Å². The summed E-state index contributed by atoms with van der Waals surface area (Å²) in [7, 11) is 0. The van der Waals surface area contributed by atoms with Gasteiger partial charge in [-0.25, -0.2) is 4.79 Å². The van der Waals surface area contributed by atoms with Crippen LogP contribution in [0.3, 0.4) is 0 Å². The van der Waals surface area contributed by atoms with Gasteiger partial charge in [0.1, 0.15) is 0 Å². The molecule has 0 unspecified atom stereocenters. The molecule has 0 aliphatic heterocycles. The van der Waals surface area contributed by atoms with Crippen LogP contribution in [0.1, 0.15) is 12.5 Å². The lowest BCUT2D eigenvalue weighted by molar-refractivity contribution is -0.302. The van der Waals surface area contributed by atoms with E-state index in [9.17, 15) is 9.90 Å². The molecule has 0 bridgehead atoms. The fraction of sp³-hybridized carbons (Fsp3) is 0.231. The molecule has 0 heterocycles. The number of nitrogens with zero attached hydrogens (tertiary/aromatic N) is 1. The number of allylic oxidation sites excluding steroid dienone is 1. The number of benzene rings is 1. The largest absolute Gasteiger partial charge is 0.874 e. The van der Waals surface area contributed by atoms with Crippen LogP contribution in [0.4, 0.5) is 0 Å². The molecule has 0 saturated heterocycles. The topological polar surface area (TPSA) is 64.7 Å². The van der Waals surface area contributed by atoms with E-state index >= 15 is 0 Å². The molecule has 0 atom stereocenters. The van der Waals surface area contributed by atoms with Gasteiger partial charge < -0.3 is 10.2 Å². The van der Waals surface area contributed by atoms with Crippen molar-refractivity contribution in [3.8, 4) is 6.07 Å². The fourth-order valence-corrected chi connectivity index (χ4v) is 1.37. The Balaban J connectivity index is 2.60. The standard InChI is InChI=1S/C13H12ClNO3/c1-9(16)12(13(17)18)8-15-7-6-10-2-4-11(14)5-3-10/h2-5H,6-7H2,1H3,(H,17,18). The molecule has 0 radical (unpaired) electrons. The Morgan fingerprint density at radius 3 is 2.56 bits per heavy atom. The summed E-state index contributed by atoms with van der Waals surface area (Å²) in [6, 6.07) is 9.54. The van der Waals surface area contributed by atoms with Gasteiger partial charge in [-0.3, -0.25) is 0 Å². The molecule has 94 valence electrons. The highest BCUT2D eigenvalue weighted by Gasteiger charge is 2.09. The number of rotatable bonds is 3. The van der Waals surface area contributed by atoms with Crippen LogP contribution in [0.15, 0.2) is 35.6 Å². The molecule has 0 aliphatic carbocycles. The molecular weight excluding hydrogens is 254 g/mol. The molecule has 0 spiro atoms. The van der Waals surface area contributed by atoms with Gasteiger partial charge >= 0.3 is 12.0 Å². The van der Waals surface area contributed by atoms with Crippen LogP contribution in [0.25, 0.3) is 4.85 Å². The summed E-state index contributed by atoms with van der Waals surface area (Å²) >= 11 is 5.74. The molecule has 18 heavy (non-hydrogen) atoms. The molecule has 1 aromatic carbocycles. The number of aliphatic carboxylic acids is 1. The predicted molar refractivity (Wildman–Crippen MR) is 67.6 cm³/mol. The van der Waals surface area contributed by atoms with Gasteiger partial charge in [0.2, 0.25) is 0 Å². The van der Waals surface area contributed by atoms with Gasteiger partial charge in [-0.05, 0) is 17.7 Å². The minimum absolute atomic E-state index is 0.367. The number of carboxylic acid groups (broad SMARTS) is 1. The van der Waals surface area contributed by atoms with Crippen molar-refractivity contribution in [2.75, 3.05) is 6.54 Å².